The molecule has 138 valence electrons. The first-order chi connectivity index (χ1) is 13.3. The monoisotopic (exact) mass is 381 g/mol. The summed E-state index contributed by atoms with van der Waals surface area (Å²) in [6, 6.07) is 10.4. The first-order valence-corrected chi connectivity index (χ1v) is 10.1. The first-order valence-electron chi connectivity index (χ1n) is 8.95. The van der Waals surface area contributed by atoms with Gasteiger partial charge in [0, 0.05) is 29.4 Å². The predicted octanol–water partition coefficient (Wildman–Crippen LogP) is 4.91. The van der Waals surface area contributed by atoms with E-state index in [1.165, 1.54) is 12.1 Å². The Morgan fingerprint density at radius 3 is 3.04 bits per heavy atom. The maximum absolute atomic E-state index is 13.2. The lowest BCUT2D eigenvalue weighted by molar-refractivity contribution is 0.172. The van der Waals surface area contributed by atoms with Crippen LogP contribution in [0.15, 0.2) is 42.6 Å². The van der Waals surface area contributed by atoms with Crippen LogP contribution in [0, 0.1) is 23.6 Å². The van der Waals surface area contributed by atoms with Crippen molar-refractivity contribution in [1.29, 1.82) is 0 Å². The molecular weight excluding hydrogens is 361 g/mol. The molecule has 1 unspecified atom stereocenters. The molecule has 0 radical (unpaired) electrons. The molecule has 1 aromatic heterocycles. The van der Waals surface area contributed by atoms with Gasteiger partial charge in [0.05, 0.1) is 28.9 Å². The zero-order valence-electron chi connectivity index (χ0n) is 14.8. The molecule has 2 N–H and O–H groups in total. The highest BCUT2D eigenvalue weighted by molar-refractivity contribution is 7.99. The van der Waals surface area contributed by atoms with Gasteiger partial charge in [-0.1, -0.05) is 11.8 Å². The number of H-pyrrole nitrogens is 1. The first kappa shape index (κ1) is 17.9. The van der Waals surface area contributed by atoms with E-state index in [0.717, 1.165) is 59.0 Å². The molecule has 4 nitrogen and oxygen atoms in total. The summed E-state index contributed by atoms with van der Waals surface area (Å²) in [6.07, 6.45) is 3.88. The van der Waals surface area contributed by atoms with E-state index in [1.54, 1.807) is 30.1 Å². The minimum atomic E-state index is -0.253. The van der Waals surface area contributed by atoms with Crippen molar-refractivity contribution in [3.05, 3.63) is 54.0 Å². The fraction of sp³-hybridized carbons (Fsp3) is 0.286. The van der Waals surface area contributed by atoms with E-state index in [-0.39, 0.29) is 5.82 Å². The molecule has 1 atom stereocenters. The zero-order chi connectivity index (χ0) is 18.5. The normalized spacial score (nSPS) is 17.6. The van der Waals surface area contributed by atoms with Crippen LogP contribution in [0.5, 0.6) is 0 Å². The minimum Gasteiger partial charge on any atom is -0.371 e. The van der Waals surface area contributed by atoms with Gasteiger partial charge in [-0.05, 0) is 49.2 Å². The number of nitrogens with zero attached hydrogens (tertiary/aromatic N) is 1. The number of anilines is 2. The van der Waals surface area contributed by atoms with Crippen molar-refractivity contribution >= 4 is 34.0 Å². The van der Waals surface area contributed by atoms with Gasteiger partial charge >= 0.3 is 0 Å². The van der Waals surface area contributed by atoms with Crippen molar-refractivity contribution in [1.82, 2.24) is 10.2 Å². The molecule has 2 heterocycles. The van der Waals surface area contributed by atoms with Crippen LogP contribution >= 0.6 is 11.8 Å². The third kappa shape index (κ3) is 4.62. The lowest BCUT2D eigenvalue weighted by Gasteiger charge is -2.14. The van der Waals surface area contributed by atoms with Gasteiger partial charge in [0.2, 0.25) is 0 Å². The van der Waals surface area contributed by atoms with E-state index in [4.69, 9.17) is 4.74 Å². The van der Waals surface area contributed by atoms with Gasteiger partial charge in [-0.2, -0.15) is 5.10 Å². The van der Waals surface area contributed by atoms with Crippen LogP contribution in [0.25, 0.3) is 10.9 Å². The summed E-state index contributed by atoms with van der Waals surface area (Å²) in [7, 11) is 0. The molecule has 27 heavy (non-hydrogen) atoms. The molecule has 1 fully saturated rings. The number of hydrogen-bond acceptors (Lipinski definition) is 4. The van der Waals surface area contributed by atoms with Gasteiger partial charge in [0.15, 0.2) is 0 Å². The summed E-state index contributed by atoms with van der Waals surface area (Å²) in [4.78, 5) is 0. The van der Waals surface area contributed by atoms with Crippen molar-refractivity contribution in [2.24, 2.45) is 5.92 Å². The maximum atomic E-state index is 13.2. The van der Waals surface area contributed by atoms with Gasteiger partial charge in [-0.25, -0.2) is 4.39 Å². The Hall–Kier alpha value is -2.49. The second-order valence-electron chi connectivity index (χ2n) is 6.49. The average Bonchev–Trinajstić information content (AvgIpc) is 3.10. The Balaban J connectivity index is 1.64. The summed E-state index contributed by atoms with van der Waals surface area (Å²) in [6.45, 7) is 0.808. The lowest BCUT2D eigenvalue weighted by Crippen LogP contribution is -2.08. The van der Waals surface area contributed by atoms with E-state index < -0.39 is 0 Å². The fourth-order valence-corrected chi connectivity index (χ4v) is 3.87. The van der Waals surface area contributed by atoms with E-state index in [0.29, 0.717) is 5.92 Å². The van der Waals surface area contributed by atoms with Crippen LogP contribution in [0.2, 0.25) is 0 Å². The Bertz CT molecular complexity index is 966. The largest absolute Gasteiger partial charge is 0.371 e. The Labute approximate surface area is 161 Å². The molecule has 3 aromatic rings. The van der Waals surface area contributed by atoms with Gasteiger partial charge < -0.3 is 10.1 Å². The Kier molecular flexibility index (Phi) is 5.61. The lowest BCUT2D eigenvalue weighted by atomic mass is 10.0. The number of nitrogens with one attached hydrogen (secondary N) is 2. The average molecular weight is 381 g/mol. The quantitative estimate of drug-likeness (QED) is 0.619. The number of hydrogen-bond donors (Lipinski definition) is 2. The number of aromatic amines is 1. The summed E-state index contributed by atoms with van der Waals surface area (Å²) >= 11 is 1.79. The molecule has 2 aromatic carbocycles. The van der Waals surface area contributed by atoms with Gasteiger partial charge in [-0.15, -0.1) is 11.8 Å². The molecule has 0 amide bonds. The molecule has 0 spiro atoms. The van der Waals surface area contributed by atoms with E-state index >= 15 is 0 Å². The molecule has 1 aliphatic rings. The van der Waals surface area contributed by atoms with Gasteiger partial charge in [0.1, 0.15) is 5.82 Å². The van der Waals surface area contributed by atoms with Crippen molar-refractivity contribution in [3.63, 3.8) is 0 Å². The summed E-state index contributed by atoms with van der Waals surface area (Å²) < 4.78 is 18.7. The minimum absolute atomic E-state index is 0.253. The third-order valence-electron chi connectivity index (χ3n) is 4.44. The van der Waals surface area contributed by atoms with Crippen molar-refractivity contribution < 1.29 is 9.13 Å². The van der Waals surface area contributed by atoms with Crippen molar-refractivity contribution in [2.75, 3.05) is 23.6 Å². The number of fused-ring (bicyclic) bond motifs is 1. The van der Waals surface area contributed by atoms with Gasteiger partial charge in [-0.3, -0.25) is 5.10 Å². The van der Waals surface area contributed by atoms with Crippen LogP contribution in [0.3, 0.4) is 0 Å². The maximum Gasteiger partial charge on any atom is 0.123 e. The zero-order valence-corrected chi connectivity index (χ0v) is 15.6. The molecule has 1 aliphatic heterocycles. The number of rotatable bonds is 2. The number of aromatic nitrogens is 2. The molecule has 4 rings (SSSR count). The van der Waals surface area contributed by atoms with Crippen molar-refractivity contribution in [2.45, 2.75) is 12.8 Å². The van der Waals surface area contributed by atoms with E-state index in [2.05, 4.69) is 27.4 Å². The summed E-state index contributed by atoms with van der Waals surface area (Å²) in [5.41, 5.74) is 3.56. The summed E-state index contributed by atoms with van der Waals surface area (Å²) in [5.74, 6) is 8.63. The standard InChI is InChI=1S/C21H20FN3OS/c22-18-5-7-19(8-6-18)24-20-11-17-12-23-25-21(17)10-16(20)4-3-15-2-1-9-26-14-27-13-15/h5-8,10-12,15,24H,1-2,9,13-14H2,(H,23,25). The molecule has 0 bridgehead atoms. The van der Waals surface area contributed by atoms with Gasteiger partial charge in [0.25, 0.3) is 0 Å². The van der Waals surface area contributed by atoms with Crippen LogP contribution in [0.4, 0.5) is 15.8 Å². The predicted molar refractivity (Wildman–Crippen MR) is 109 cm³/mol. The highest BCUT2D eigenvalue weighted by Gasteiger charge is 2.10. The third-order valence-corrected chi connectivity index (χ3v) is 5.41. The van der Waals surface area contributed by atoms with Crippen LogP contribution in [-0.2, 0) is 4.74 Å². The number of thioether (sulfide) groups is 1. The Morgan fingerprint density at radius 1 is 1.26 bits per heavy atom. The number of ether oxygens (including phenoxy) is 1. The highest BCUT2D eigenvalue weighted by Crippen LogP contribution is 2.26. The Morgan fingerprint density at radius 2 is 2.15 bits per heavy atom. The van der Waals surface area contributed by atoms with Crippen LogP contribution in [-0.4, -0.2) is 28.5 Å². The molecular formula is C21H20FN3OS. The van der Waals surface area contributed by atoms with E-state index in [9.17, 15) is 4.39 Å². The molecule has 1 saturated heterocycles. The smallest absolute Gasteiger partial charge is 0.123 e. The summed E-state index contributed by atoms with van der Waals surface area (Å²) in [5, 5.41) is 11.5. The van der Waals surface area contributed by atoms with Crippen LogP contribution < -0.4 is 5.32 Å². The fourth-order valence-electron chi connectivity index (χ4n) is 3.00. The highest BCUT2D eigenvalue weighted by atomic mass is 32.2. The van der Waals surface area contributed by atoms with Crippen molar-refractivity contribution in [3.8, 4) is 11.8 Å². The topological polar surface area (TPSA) is 49.9 Å². The SMILES string of the molecule is Fc1ccc(Nc2cc3cn[nH]c3cc2C#CC2CCCOCSC2)cc1. The molecule has 0 aliphatic carbocycles. The number of halogens is 1. The van der Waals surface area contributed by atoms with E-state index in [1.807, 2.05) is 12.1 Å². The molecule has 6 heteroatoms. The van der Waals surface area contributed by atoms with Crippen LogP contribution in [0.1, 0.15) is 18.4 Å². The second-order valence-corrected chi connectivity index (χ2v) is 7.47. The number of benzene rings is 2. The molecule has 0 saturated carbocycles. The second kappa shape index (κ2) is 8.47.